The molecule has 0 aliphatic carbocycles. The Hall–Kier alpha value is -2.24. The number of ether oxygens (including phenoxy) is 4. The Kier molecular flexibility index (Phi) is 15.3. The van der Waals surface area contributed by atoms with Crippen LogP contribution in [0.2, 0.25) is 0 Å². The molecule has 0 spiro atoms. The number of fused-ring (bicyclic) bond motifs is 4. The third kappa shape index (κ3) is 12.1. The van der Waals surface area contributed by atoms with Crippen molar-refractivity contribution in [1.82, 2.24) is 10.6 Å². The molecule has 3 aliphatic rings. The number of piperidine rings is 1. The zero-order chi connectivity index (χ0) is 28.4. The highest BCUT2D eigenvalue weighted by Crippen LogP contribution is 2.15. The van der Waals surface area contributed by atoms with Crippen LogP contribution in [0.15, 0.2) is 43.9 Å². The van der Waals surface area contributed by atoms with Crippen molar-refractivity contribution in [3.05, 3.63) is 23.9 Å². The first kappa shape index (κ1) is 32.3. The van der Waals surface area contributed by atoms with Gasteiger partial charge >= 0.3 is 0 Å². The van der Waals surface area contributed by atoms with Gasteiger partial charge in [0.25, 0.3) is 0 Å². The van der Waals surface area contributed by atoms with Gasteiger partial charge in [-0.2, -0.15) is 0 Å². The molecule has 0 radical (unpaired) electrons. The van der Waals surface area contributed by atoms with Crippen LogP contribution in [0.3, 0.4) is 0 Å². The van der Waals surface area contributed by atoms with Crippen LogP contribution >= 0.6 is 0 Å². The smallest absolute Gasteiger partial charge is 0.0826 e. The topological polar surface area (TPSA) is 110 Å². The number of nitrogens with one attached hydrogen (secondary N) is 2. The van der Waals surface area contributed by atoms with Crippen molar-refractivity contribution in [3.63, 3.8) is 0 Å². The third-order valence-corrected chi connectivity index (χ3v) is 7.23. The minimum atomic E-state index is 0.0500. The summed E-state index contributed by atoms with van der Waals surface area (Å²) < 4.78 is 22.8. The molecule has 0 aromatic rings. The van der Waals surface area contributed by atoms with Crippen molar-refractivity contribution in [3.8, 4) is 0 Å². The van der Waals surface area contributed by atoms with Gasteiger partial charge in [0.2, 0.25) is 0 Å². The summed E-state index contributed by atoms with van der Waals surface area (Å²) in [5.41, 5.74) is 5.26. The Morgan fingerprint density at radius 3 is 1.62 bits per heavy atom. The second kappa shape index (κ2) is 19.0. The molecule has 1 fully saturated rings. The van der Waals surface area contributed by atoms with Crippen LogP contribution in [0.4, 0.5) is 0 Å². The normalized spacial score (nSPS) is 28.1. The Morgan fingerprint density at radius 2 is 1.10 bits per heavy atom. The molecule has 40 heavy (non-hydrogen) atoms. The van der Waals surface area contributed by atoms with E-state index >= 15 is 0 Å². The molecule has 0 saturated carbocycles. The number of aliphatic imine (C=N–C) groups is 4. The predicted octanol–water partition coefficient (Wildman–Crippen LogP) is 2.83. The molecule has 0 aromatic heterocycles. The summed E-state index contributed by atoms with van der Waals surface area (Å²) >= 11 is 0. The van der Waals surface area contributed by atoms with Crippen molar-refractivity contribution in [2.24, 2.45) is 20.0 Å². The Labute approximate surface area is 240 Å². The number of nitrogens with zero attached hydrogens (tertiary/aromatic N) is 4. The average Bonchev–Trinajstić information content (AvgIpc) is 2.98. The van der Waals surface area contributed by atoms with Gasteiger partial charge in [0.05, 0.1) is 96.5 Å². The molecule has 10 nitrogen and oxygen atoms in total. The molecule has 224 valence electrons. The zero-order valence-corrected chi connectivity index (χ0v) is 25.0. The lowest BCUT2D eigenvalue weighted by Crippen LogP contribution is -2.49. The number of hydrogen-bond donors (Lipinski definition) is 2. The molecule has 3 atom stereocenters. The van der Waals surface area contributed by atoms with Crippen molar-refractivity contribution in [1.29, 1.82) is 0 Å². The zero-order valence-electron chi connectivity index (χ0n) is 25.0. The molecule has 0 amide bonds. The van der Waals surface area contributed by atoms with Crippen LogP contribution < -0.4 is 10.6 Å². The highest BCUT2D eigenvalue weighted by Gasteiger charge is 2.24. The molecule has 2 N–H and O–H groups in total. The summed E-state index contributed by atoms with van der Waals surface area (Å²) in [4.78, 5) is 18.9. The van der Waals surface area contributed by atoms with E-state index in [-0.39, 0.29) is 6.04 Å². The quantitative estimate of drug-likeness (QED) is 0.473. The van der Waals surface area contributed by atoms with E-state index in [0.717, 1.165) is 41.4 Å². The standard InChI is InChI=1S/C30H50N6O4/c1-23-27-7-5-8-28(35-27)24(2)32-12-16-39-21-22-40-18-14-34-26(4)30-10-6-9-29(36-30)25(3)33-13-17-38-20-19-37-15-11-31-23/h5,7-8,27,29-30,35-36H,6,9-22H2,1-4H3. The van der Waals surface area contributed by atoms with E-state index in [1.807, 2.05) is 19.9 Å². The van der Waals surface area contributed by atoms with E-state index in [1.54, 1.807) is 0 Å². The summed E-state index contributed by atoms with van der Waals surface area (Å²) in [5.74, 6) is 0. The van der Waals surface area contributed by atoms with Gasteiger partial charge < -0.3 is 29.6 Å². The van der Waals surface area contributed by atoms with E-state index in [1.165, 1.54) is 6.42 Å². The molecular weight excluding hydrogens is 508 g/mol. The van der Waals surface area contributed by atoms with Gasteiger partial charge in [-0.3, -0.25) is 20.0 Å². The first-order valence-electron chi connectivity index (χ1n) is 14.8. The Morgan fingerprint density at radius 1 is 0.625 bits per heavy atom. The number of allylic oxidation sites excluding steroid dienone is 3. The van der Waals surface area contributed by atoms with E-state index in [2.05, 4.69) is 41.6 Å². The van der Waals surface area contributed by atoms with Gasteiger partial charge in [-0.15, -0.1) is 0 Å². The van der Waals surface area contributed by atoms with Crippen LogP contribution in [0, 0.1) is 0 Å². The summed E-state index contributed by atoms with van der Waals surface area (Å²) in [7, 11) is 0. The minimum Gasteiger partial charge on any atom is -0.377 e. The van der Waals surface area contributed by atoms with E-state index in [4.69, 9.17) is 33.9 Å². The van der Waals surface area contributed by atoms with Gasteiger partial charge in [-0.05, 0) is 53.0 Å². The molecule has 3 unspecified atom stereocenters. The number of hydrogen-bond acceptors (Lipinski definition) is 10. The van der Waals surface area contributed by atoms with Gasteiger partial charge in [0, 0.05) is 29.2 Å². The van der Waals surface area contributed by atoms with Gasteiger partial charge in [0.1, 0.15) is 0 Å². The van der Waals surface area contributed by atoms with Crippen molar-refractivity contribution < 1.29 is 18.9 Å². The summed E-state index contributed by atoms with van der Waals surface area (Å²) in [6.07, 6.45) is 9.59. The monoisotopic (exact) mass is 558 g/mol. The largest absolute Gasteiger partial charge is 0.377 e. The van der Waals surface area contributed by atoms with Gasteiger partial charge in [-0.25, -0.2) is 0 Å². The average molecular weight is 559 g/mol. The second-order valence-electron chi connectivity index (χ2n) is 10.3. The third-order valence-electron chi connectivity index (χ3n) is 7.23. The fourth-order valence-electron chi connectivity index (χ4n) is 4.78. The molecule has 3 aliphatic heterocycles. The van der Waals surface area contributed by atoms with Gasteiger partial charge in [0.15, 0.2) is 0 Å². The van der Waals surface area contributed by atoms with Crippen molar-refractivity contribution in [2.45, 2.75) is 65.1 Å². The van der Waals surface area contributed by atoms with Crippen LogP contribution in [0.25, 0.3) is 0 Å². The van der Waals surface area contributed by atoms with Crippen LogP contribution in [0.1, 0.15) is 47.0 Å². The minimum absolute atomic E-state index is 0.0500. The van der Waals surface area contributed by atoms with Crippen LogP contribution in [0.5, 0.6) is 0 Å². The molecule has 3 heterocycles. The fraction of sp³-hybridized carbons (Fsp3) is 0.733. The van der Waals surface area contributed by atoms with E-state index in [0.29, 0.717) is 91.1 Å². The highest BCUT2D eigenvalue weighted by molar-refractivity contribution is 6.00. The lowest BCUT2D eigenvalue weighted by atomic mass is 9.93. The first-order valence-corrected chi connectivity index (χ1v) is 14.8. The van der Waals surface area contributed by atoms with Crippen LogP contribution in [-0.4, -0.2) is 120 Å². The Bertz CT molecular complexity index is 942. The maximum atomic E-state index is 5.72. The highest BCUT2D eigenvalue weighted by atomic mass is 16.5. The summed E-state index contributed by atoms with van der Waals surface area (Å²) in [6.45, 7) is 15.4. The predicted molar refractivity (Wildman–Crippen MR) is 164 cm³/mol. The molecule has 0 aromatic carbocycles. The SMILES string of the molecule is CC1=NCCOCCOCCN=C(C)C2CCCC(N2)C(C)=NCCOCCOCCN=C(C)C2C=CC=C1N2. The first-order chi connectivity index (χ1) is 19.5. The molecule has 3 rings (SSSR count). The number of rotatable bonds is 0. The van der Waals surface area contributed by atoms with Crippen molar-refractivity contribution in [2.75, 3.05) is 79.0 Å². The molecule has 4 bridgehead atoms. The maximum absolute atomic E-state index is 5.72. The van der Waals surface area contributed by atoms with Crippen molar-refractivity contribution >= 4 is 22.8 Å². The van der Waals surface area contributed by atoms with E-state index < -0.39 is 0 Å². The van der Waals surface area contributed by atoms with Gasteiger partial charge in [-0.1, -0.05) is 12.2 Å². The maximum Gasteiger partial charge on any atom is 0.0826 e. The Balaban J connectivity index is 1.50. The molecular formula is C30H50N6O4. The summed E-state index contributed by atoms with van der Waals surface area (Å²) in [5, 5.41) is 7.25. The number of dihydropyridines is 1. The van der Waals surface area contributed by atoms with Crippen LogP contribution in [-0.2, 0) is 18.9 Å². The lowest BCUT2D eigenvalue weighted by Gasteiger charge is -2.31. The van der Waals surface area contributed by atoms with E-state index in [9.17, 15) is 0 Å². The lowest BCUT2D eigenvalue weighted by molar-refractivity contribution is 0.0540. The fourth-order valence-corrected chi connectivity index (χ4v) is 4.78. The molecule has 10 heteroatoms. The second-order valence-corrected chi connectivity index (χ2v) is 10.3. The summed E-state index contributed by atoms with van der Waals surface area (Å²) in [6, 6.07) is 0.633. The molecule has 1 saturated heterocycles.